The highest BCUT2D eigenvalue weighted by atomic mass is 35.5. The van der Waals surface area contributed by atoms with E-state index in [0.717, 1.165) is 12.2 Å². The molecule has 1 fully saturated rings. The molecule has 4 heteroatoms. The van der Waals surface area contributed by atoms with Gasteiger partial charge in [-0.05, 0) is 36.5 Å². The van der Waals surface area contributed by atoms with E-state index in [4.69, 9.17) is 25.8 Å². The lowest BCUT2D eigenvalue weighted by Crippen LogP contribution is -2.19. The Morgan fingerprint density at radius 1 is 1.17 bits per heavy atom. The van der Waals surface area contributed by atoms with Crippen LogP contribution in [0.15, 0.2) is 12.1 Å². The monoisotopic (exact) mass is 270 g/mol. The fourth-order valence-electron chi connectivity index (χ4n) is 2.01. The Hall–Kier alpha value is -1.09. The molecule has 1 saturated carbocycles. The first-order chi connectivity index (χ1) is 8.78. The minimum absolute atomic E-state index is 0.426. The van der Waals surface area contributed by atoms with Crippen molar-refractivity contribution in [2.24, 2.45) is 5.92 Å². The van der Waals surface area contributed by atoms with E-state index < -0.39 is 0 Å². The maximum Gasteiger partial charge on any atom is 0.203 e. The van der Waals surface area contributed by atoms with Gasteiger partial charge in [-0.3, -0.25) is 0 Å². The summed E-state index contributed by atoms with van der Waals surface area (Å²) in [5, 5.41) is 0. The molecule has 0 bridgehead atoms. The van der Waals surface area contributed by atoms with Crippen molar-refractivity contribution in [1.82, 2.24) is 0 Å². The first-order valence-corrected chi connectivity index (χ1v) is 6.75. The summed E-state index contributed by atoms with van der Waals surface area (Å²) in [6.45, 7) is 0.729. The molecule has 0 amide bonds. The summed E-state index contributed by atoms with van der Waals surface area (Å²) >= 11 is 5.84. The molecule has 1 aromatic rings. The van der Waals surface area contributed by atoms with E-state index in [1.54, 1.807) is 14.2 Å². The topological polar surface area (TPSA) is 27.7 Å². The molecule has 18 heavy (non-hydrogen) atoms. The quantitative estimate of drug-likeness (QED) is 0.739. The highest BCUT2D eigenvalue weighted by Gasteiger charge is 2.20. The van der Waals surface area contributed by atoms with Crippen molar-refractivity contribution >= 4 is 11.6 Å². The number of benzene rings is 1. The lowest BCUT2D eigenvalue weighted by atomic mass is 9.86. The zero-order chi connectivity index (χ0) is 13.0. The molecule has 0 saturated heterocycles. The smallest absolute Gasteiger partial charge is 0.203 e. The van der Waals surface area contributed by atoms with Gasteiger partial charge in [0, 0.05) is 5.88 Å². The van der Waals surface area contributed by atoms with Crippen molar-refractivity contribution < 1.29 is 14.2 Å². The van der Waals surface area contributed by atoms with Crippen LogP contribution in [-0.2, 0) is 5.88 Å². The zero-order valence-corrected chi connectivity index (χ0v) is 11.6. The third-order valence-electron chi connectivity index (χ3n) is 3.36. The van der Waals surface area contributed by atoms with Crippen LogP contribution in [0.25, 0.3) is 0 Å². The number of ether oxygens (including phenoxy) is 3. The van der Waals surface area contributed by atoms with E-state index in [2.05, 4.69) is 0 Å². The summed E-state index contributed by atoms with van der Waals surface area (Å²) < 4.78 is 16.6. The van der Waals surface area contributed by atoms with Gasteiger partial charge in [-0.25, -0.2) is 0 Å². The van der Waals surface area contributed by atoms with Gasteiger partial charge in [0.15, 0.2) is 11.5 Å². The van der Waals surface area contributed by atoms with Crippen molar-refractivity contribution in [3.8, 4) is 17.2 Å². The van der Waals surface area contributed by atoms with Crippen LogP contribution in [0.1, 0.15) is 24.8 Å². The maximum atomic E-state index is 5.86. The number of methoxy groups -OCH3 is 2. The Kier molecular flexibility index (Phi) is 4.59. The highest BCUT2D eigenvalue weighted by molar-refractivity contribution is 6.17. The predicted molar refractivity (Wildman–Crippen MR) is 71.9 cm³/mol. The minimum atomic E-state index is 0.426. The molecule has 1 aromatic carbocycles. The molecule has 100 valence electrons. The van der Waals surface area contributed by atoms with Crippen LogP contribution >= 0.6 is 11.6 Å². The third kappa shape index (κ3) is 2.83. The third-order valence-corrected chi connectivity index (χ3v) is 3.67. The van der Waals surface area contributed by atoms with Gasteiger partial charge in [0.05, 0.1) is 20.8 Å². The summed E-state index contributed by atoms with van der Waals surface area (Å²) in [6, 6.07) is 3.79. The Bertz CT molecular complexity index is 377. The maximum absolute atomic E-state index is 5.86. The van der Waals surface area contributed by atoms with Crippen molar-refractivity contribution in [2.75, 3.05) is 20.8 Å². The first kappa shape index (κ1) is 13.3. The zero-order valence-electron chi connectivity index (χ0n) is 10.9. The molecule has 3 nitrogen and oxygen atoms in total. The van der Waals surface area contributed by atoms with E-state index in [0.29, 0.717) is 29.0 Å². The lowest BCUT2D eigenvalue weighted by Gasteiger charge is -2.26. The van der Waals surface area contributed by atoms with Crippen LogP contribution in [0.4, 0.5) is 0 Å². The minimum Gasteiger partial charge on any atom is -0.493 e. The Morgan fingerprint density at radius 2 is 1.78 bits per heavy atom. The van der Waals surface area contributed by atoms with Gasteiger partial charge in [0.1, 0.15) is 0 Å². The van der Waals surface area contributed by atoms with Gasteiger partial charge in [-0.1, -0.05) is 6.42 Å². The largest absolute Gasteiger partial charge is 0.493 e. The molecule has 0 radical (unpaired) electrons. The van der Waals surface area contributed by atoms with Crippen LogP contribution in [0.5, 0.6) is 17.2 Å². The van der Waals surface area contributed by atoms with E-state index >= 15 is 0 Å². The van der Waals surface area contributed by atoms with Crippen LogP contribution in [0, 0.1) is 5.92 Å². The average molecular weight is 271 g/mol. The average Bonchev–Trinajstić information content (AvgIpc) is 2.36. The van der Waals surface area contributed by atoms with E-state index in [9.17, 15) is 0 Å². The summed E-state index contributed by atoms with van der Waals surface area (Å²) in [4.78, 5) is 0. The van der Waals surface area contributed by atoms with E-state index in [1.165, 1.54) is 19.3 Å². The molecule has 0 aromatic heterocycles. The van der Waals surface area contributed by atoms with Gasteiger partial charge < -0.3 is 14.2 Å². The standard InChI is InChI=1S/C14H19ClO3/c1-16-12-6-11(8-15)7-13(17-2)14(12)18-9-10-4-3-5-10/h6-7,10H,3-5,8-9H2,1-2H3. The second kappa shape index (κ2) is 6.19. The molecular formula is C14H19ClO3. The van der Waals surface area contributed by atoms with Crippen molar-refractivity contribution in [3.05, 3.63) is 17.7 Å². The molecular weight excluding hydrogens is 252 g/mol. The number of halogens is 1. The van der Waals surface area contributed by atoms with Crippen molar-refractivity contribution in [1.29, 1.82) is 0 Å². The van der Waals surface area contributed by atoms with Gasteiger partial charge in [-0.2, -0.15) is 0 Å². The highest BCUT2D eigenvalue weighted by Crippen LogP contribution is 2.40. The molecule has 0 N–H and O–H groups in total. The summed E-state index contributed by atoms with van der Waals surface area (Å²) in [5.74, 6) is 3.15. The second-order valence-electron chi connectivity index (χ2n) is 4.57. The molecule has 0 unspecified atom stereocenters. The molecule has 0 aliphatic heterocycles. The summed E-state index contributed by atoms with van der Waals surface area (Å²) in [7, 11) is 3.26. The van der Waals surface area contributed by atoms with Crippen LogP contribution in [0.2, 0.25) is 0 Å². The molecule has 2 rings (SSSR count). The van der Waals surface area contributed by atoms with Crippen LogP contribution in [0.3, 0.4) is 0 Å². The first-order valence-electron chi connectivity index (χ1n) is 6.22. The number of hydrogen-bond acceptors (Lipinski definition) is 3. The normalized spacial score (nSPS) is 15.1. The Balaban J connectivity index is 2.18. The molecule has 0 spiro atoms. The molecule has 0 heterocycles. The van der Waals surface area contributed by atoms with Gasteiger partial charge in [0.2, 0.25) is 5.75 Å². The molecule has 1 aliphatic rings. The second-order valence-corrected chi connectivity index (χ2v) is 4.84. The summed E-state index contributed by atoms with van der Waals surface area (Å²) in [6.07, 6.45) is 3.82. The number of hydrogen-bond donors (Lipinski definition) is 0. The van der Waals surface area contributed by atoms with Gasteiger partial charge in [-0.15, -0.1) is 11.6 Å². The lowest BCUT2D eigenvalue weighted by molar-refractivity contribution is 0.171. The van der Waals surface area contributed by atoms with E-state index in [-0.39, 0.29) is 0 Å². The predicted octanol–water partition coefficient (Wildman–Crippen LogP) is 3.62. The van der Waals surface area contributed by atoms with Crippen LogP contribution < -0.4 is 14.2 Å². The summed E-state index contributed by atoms with van der Waals surface area (Å²) in [5.41, 5.74) is 0.960. The fraction of sp³-hybridized carbons (Fsp3) is 0.571. The Labute approximate surface area is 113 Å². The van der Waals surface area contributed by atoms with Crippen LogP contribution in [-0.4, -0.2) is 20.8 Å². The SMILES string of the molecule is COc1cc(CCl)cc(OC)c1OCC1CCC1. The van der Waals surface area contributed by atoms with Gasteiger partial charge in [0.25, 0.3) is 0 Å². The molecule has 1 aliphatic carbocycles. The van der Waals surface area contributed by atoms with E-state index in [1.807, 2.05) is 12.1 Å². The van der Waals surface area contributed by atoms with Gasteiger partial charge >= 0.3 is 0 Å². The fourth-order valence-corrected chi connectivity index (χ4v) is 2.17. The molecule has 0 atom stereocenters. The van der Waals surface area contributed by atoms with Crippen molar-refractivity contribution in [2.45, 2.75) is 25.1 Å². The number of rotatable bonds is 6. The number of alkyl halides is 1. The Morgan fingerprint density at radius 3 is 2.17 bits per heavy atom. The van der Waals surface area contributed by atoms with Crippen molar-refractivity contribution in [3.63, 3.8) is 0 Å².